The number of fused-ring (bicyclic) bond motifs is 1. The Hall–Kier alpha value is -1.32. The van der Waals surface area contributed by atoms with Crippen molar-refractivity contribution >= 4 is 10.9 Å². The fraction of sp³-hybridized carbons (Fsp3) is 0.529. The Morgan fingerprint density at radius 1 is 1.30 bits per heavy atom. The van der Waals surface area contributed by atoms with Gasteiger partial charge in [-0.05, 0) is 55.8 Å². The van der Waals surface area contributed by atoms with Crippen LogP contribution >= 0.6 is 0 Å². The molecule has 2 aromatic rings. The van der Waals surface area contributed by atoms with E-state index in [1.807, 2.05) is 0 Å². The van der Waals surface area contributed by atoms with Crippen molar-refractivity contribution in [3.8, 4) is 0 Å². The predicted molar refractivity (Wildman–Crippen MR) is 83.0 cm³/mol. The summed E-state index contributed by atoms with van der Waals surface area (Å²) in [5.74, 6) is 1.17. The number of aromatic nitrogens is 1. The molecule has 3 heteroatoms. The summed E-state index contributed by atoms with van der Waals surface area (Å²) < 4.78 is 2.22. The van der Waals surface area contributed by atoms with E-state index in [9.17, 15) is 5.11 Å². The number of piperidine rings is 1. The number of hydrogen-bond donors (Lipinski definition) is 2. The van der Waals surface area contributed by atoms with Gasteiger partial charge in [-0.1, -0.05) is 18.2 Å². The molecule has 0 radical (unpaired) electrons. The van der Waals surface area contributed by atoms with Crippen molar-refractivity contribution in [2.75, 3.05) is 19.7 Å². The number of nitrogens with one attached hydrogen (secondary N) is 1. The molecule has 2 heterocycles. The molecule has 108 valence electrons. The summed E-state index contributed by atoms with van der Waals surface area (Å²) in [6.07, 6.45) is 5.58. The van der Waals surface area contributed by atoms with Gasteiger partial charge >= 0.3 is 0 Å². The normalized spacial score (nSPS) is 18.5. The van der Waals surface area contributed by atoms with Gasteiger partial charge in [-0.2, -0.15) is 0 Å². The van der Waals surface area contributed by atoms with Crippen LogP contribution in [-0.4, -0.2) is 29.4 Å². The van der Waals surface area contributed by atoms with Crippen LogP contribution in [-0.2, 0) is 7.05 Å². The van der Waals surface area contributed by atoms with Crippen molar-refractivity contribution < 1.29 is 5.11 Å². The van der Waals surface area contributed by atoms with E-state index >= 15 is 0 Å². The van der Waals surface area contributed by atoms with E-state index in [0.29, 0.717) is 11.8 Å². The van der Waals surface area contributed by atoms with Crippen LogP contribution in [0.4, 0.5) is 0 Å². The van der Waals surface area contributed by atoms with Crippen LogP contribution in [0.15, 0.2) is 30.5 Å². The van der Waals surface area contributed by atoms with Crippen LogP contribution in [0.5, 0.6) is 0 Å². The maximum atomic E-state index is 9.49. The number of aryl methyl sites for hydroxylation is 1. The van der Waals surface area contributed by atoms with Crippen molar-refractivity contribution in [2.24, 2.45) is 13.0 Å². The van der Waals surface area contributed by atoms with Crippen LogP contribution in [0, 0.1) is 5.92 Å². The van der Waals surface area contributed by atoms with Crippen LogP contribution in [0.2, 0.25) is 0 Å². The van der Waals surface area contributed by atoms with Crippen LogP contribution in [0.3, 0.4) is 0 Å². The quantitative estimate of drug-likeness (QED) is 0.898. The molecule has 1 aliphatic heterocycles. The number of benzene rings is 1. The molecule has 0 amide bonds. The Balaban J connectivity index is 2.00. The van der Waals surface area contributed by atoms with Gasteiger partial charge in [0.05, 0.1) is 0 Å². The highest BCUT2D eigenvalue weighted by molar-refractivity contribution is 5.84. The Morgan fingerprint density at radius 2 is 2.05 bits per heavy atom. The summed E-state index contributed by atoms with van der Waals surface area (Å²) in [6, 6.07) is 8.61. The molecular weight excluding hydrogens is 248 g/mol. The molecule has 1 aliphatic rings. The molecule has 3 rings (SSSR count). The first-order valence-electron chi connectivity index (χ1n) is 7.67. The summed E-state index contributed by atoms with van der Waals surface area (Å²) >= 11 is 0. The molecule has 1 unspecified atom stereocenters. The van der Waals surface area contributed by atoms with E-state index in [1.54, 1.807) is 0 Å². The Bertz CT molecular complexity index is 569. The Labute approximate surface area is 120 Å². The molecule has 1 saturated heterocycles. The van der Waals surface area contributed by atoms with E-state index in [2.05, 4.69) is 47.4 Å². The zero-order chi connectivity index (χ0) is 13.9. The third kappa shape index (κ3) is 2.48. The minimum Gasteiger partial charge on any atom is -0.396 e. The molecule has 1 atom stereocenters. The average Bonchev–Trinajstić information content (AvgIpc) is 2.83. The van der Waals surface area contributed by atoms with Gasteiger partial charge < -0.3 is 15.0 Å². The summed E-state index contributed by atoms with van der Waals surface area (Å²) in [6.45, 7) is 2.49. The minimum absolute atomic E-state index is 0.276. The summed E-state index contributed by atoms with van der Waals surface area (Å²) in [5, 5.41) is 14.3. The van der Waals surface area contributed by atoms with E-state index in [4.69, 9.17) is 0 Å². The Morgan fingerprint density at radius 3 is 2.80 bits per heavy atom. The second kappa shape index (κ2) is 5.98. The predicted octanol–water partition coefficient (Wildman–Crippen LogP) is 2.64. The van der Waals surface area contributed by atoms with Gasteiger partial charge in [0.15, 0.2) is 0 Å². The minimum atomic E-state index is 0.276. The fourth-order valence-electron chi connectivity index (χ4n) is 3.70. The van der Waals surface area contributed by atoms with Crippen molar-refractivity contribution in [1.29, 1.82) is 0 Å². The molecule has 2 N–H and O–H groups in total. The number of hydrogen-bond acceptors (Lipinski definition) is 2. The van der Waals surface area contributed by atoms with Crippen LogP contribution in [0.25, 0.3) is 10.9 Å². The maximum absolute atomic E-state index is 9.49. The molecule has 0 spiro atoms. The lowest BCUT2D eigenvalue weighted by Crippen LogP contribution is -2.31. The molecule has 3 nitrogen and oxygen atoms in total. The first-order chi connectivity index (χ1) is 9.81. The first-order valence-corrected chi connectivity index (χ1v) is 7.67. The van der Waals surface area contributed by atoms with Crippen LogP contribution < -0.4 is 5.32 Å². The van der Waals surface area contributed by atoms with Crippen molar-refractivity contribution in [1.82, 2.24) is 9.88 Å². The lowest BCUT2D eigenvalue weighted by molar-refractivity contribution is 0.234. The number of para-hydroxylation sites is 1. The standard InChI is InChI=1S/C17H24N2O/c1-19-12-16(15-4-2-3-5-17(15)19)14(8-11-20)13-6-9-18-10-7-13/h2-5,12-14,18,20H,6-11H2,1H3. The van der Waals surface area contributed by atoms with Gasteiger partial charge in [0, 0.05) is 30.8 Å². The smallest absolute Gasteiger partial charge is 0.0480 e. The van der Waals surface area contributed by atoms with Gasteiger partial charge in [-0.3, -0.25) is 0 Å². The zero-order valence-corrected chi connectivity index (χ0v) is 12.2. The van der Waals surface area contributed by atoms with E-state index < -0.39 is 0 Å². The molecular formula is C17H24N2O. The average molecular weight is 272 g/mol. The second-order valence-corrected chi connectivity index (χ2v) is 5.92. The molecule has 1 aromatic carbocycles. The number of rotatable bonds is 4. The highest BCUT2D eigenvalue weighted by Crippen LogP contribution is 2.37. The Kier molecular flexibility index (Phi) is 4.08. The third-order valence-corrected chi connectivity index (χ3v) is 4.72. The van der Waals surface area contributed by atoms with Gasteiger partial charge in [-0.15, -0.1) is 0 Å². The van der Waals surface area contributed by atoms with Crippen molar-refractivity contribution in [3.05, 3.63) is 36.0 Å². The molecule has 1 aromatic heterocycles. The zero-order valence-electron chi connectivity index (χ0n) is 12.2. The van der Waals surface area contributed by atoms with E-state index in [-0.39, 0.29) is 6.61 Å². The highest BCUT2D eigenvalue weighted by atomic mass is 16.3. The summed E-state index contributed by atoms with van der Waals surface area (Å²) in [4.78, 5) is 0. The van der Waals surface area contributed by atoms with Gasteiger partial charge in [-0.25, -0.2) is 0 Å². The largest absolute Gasteiger partial charge is 0.396 e. The molecule has 0 aliphatic carbocycles. The molecule has 0 bridgehead atoms. The number of aliphatic hydroxyl groups is 1. The first kappa shape index (κ1) is 13.7. The van der Waals surface area contributed by atoms with E-state index in [1.165, 1.54) is 29.3 Å². The van der Waals surface area contributed by atoms with Gasteiger partial charge in [0.25, 0.3) is 0 Å². The number of aliphatic hydroxyl groups excluding tert-OH is 1. The van der Waals surface area contributed by atoms with Crippen molar-refractivity contribution in [2.45, 2.75) is 25.2 Å². The fourth-order valence-corrected chi connectivity index (χ4v) is 3.70. The lowest BCUT2D eigenvalue weighted by Gasteiger charge is -2.30. The third-order valence-electron chi connectivity index (χ3n) is 4.72. The maximum Gasteiger partial charge on any atom is 0.0480 e. The van der Waals surface area contributed by atoms with Gasteiger partial charge in [0.2, 0.25) is 0 Å². The SMILES string of the molecule is Cn1cc(C(CCO)C2CCNCC2)c2ccccc21. The van der Waals surface area contributed by atoms with E-state index in [0.717, 1.165) is 19.5 Å². The molecule has 0 saturated carbocycles. The summed E-state index contributed by atoms with van der Waals surface area (Å²) in [7, 11) is 2.12. The van der Waals surface area contributed by atoms with Crippen LogP contribution in [0.1, 0.15) is 30.7 Å². The van der Waals surface area contributed by atoms with Crippen molar-refractivity contribution in [3.63, 3.8) is 0 Å². The second-order valence-electron chi connectivity index (χ2n) is 5.92. The molecule has 1 fully saturated rings. The number of nitrogens with zero attached hydrogens (tertiary/aromatic N) is 1. The monoisotopic (exact) mass is 272 g/mol. The highest BCUT2D eigenvalue weighted by Gasteiger charge is 2.26. The lowest BCUT2D eigenvalue weighted by atomic mass is 9.78. The van der Waals surface area contributed by atoms with Gasteiger partial charge in [0.1, 0.15) is 0 Å². The summed E-state index contributed by atoms with van der Waals surface area (Å²) in [5.41, 5.74) is 2.71. The topological polar surface area (TPSA) is 37.2 Å². The molecule has 20 heavy (non-hydrogen) atoms.